The number of hydrogen-bond acceptors (Lipinski definition) is 4. The Bertz CT molecular complexity index is 3500. The lowest BCUT2D eigenvalue weighted by atomic mass is 9.99. The number of thiophene rings is 1. The van der Waals surface area contributed by atoms with Gasteiger partial charge >= 0.3 is 0 Å². The monoisotopic (exact) mass is 759 g/mol. The maximum absolute atomic E-state index is 6.97. The second-order valence-corrected chi connectivity index (χ2v) is 15.9. The van der Waals surface area contributed by atoms with Crippen LogP contribution in [0.5, 0.6) is 0 Å². The minimum atomic E-state index is 0.859. The van der Waals surface area contributed by atoms with Gasteiger partial charge in [0.15, 0.2) is 5.58 Å². The van der Waals surface area contributed by atoms with Crippen LogP contribution in [0.15, 0.2) is 209 Å². The van der Waals surface area contributed by atoms with Gasteiger partial charge in [0, 0.05) is 58.7 Å². The van der Waals surface area contributed by atoms with E-state index < -0.39 is 0 Å². The third kappa shape index (κ3) is 5.27. The first-order valence-electron chi connectivity index (χ1n) is 19.6. The Kier molecular flexibility index (Phi) is 7.40. The third-order valence-corrected chi connectivity index (χ3v) is 12.7. The summed E-state index contributed by atoms with van der Waals surface area (Å²) in [5.41, 5.74) is 13.6. The summed E-state index contributed by atoms with van der Waals surface area (Å²) in [6.45, 7) is 0. The van der Waals surface area contributed by atoms with Crippen LogP contribution in [0.25, 0.3) is 97.4 Å². The Labute approximate surface area is 338 Å². The van der Waals surface area contributed by atoms with Crippen molar-refractivity contribution in [3.05, 3.63) is 200 Å². The molecule has 9 aromatic carbocycles. The quantitative estimate of drug-likeness (QED) is 0.169. The smallest absolute Gasteiger partial charge is 0.159 e. The molecule has 0 saturated carbocycles. The fourth-order valence-electron chi connectivity index (χ4n) is 8.67. The van der Waals surface area contributed by atoms with Crippen molar-refractivity contribution >= 4 is 92.4 Å². The molecule has 0 unspecified atom stereocenters. The normalized spacial score (nSPS) is 11.8. The van der Waals surface area contributed by atoms with Gasteiger partial charge in [0.25, 0.3) is 0 Å². The van der Waals surface area contributed by atoms with E-state index in [0.29, 0.717) is 0 Å². The highest BCUT2D eigenvalue weighted by Gasteiger charge is 2.22. The van der Waals surface area contributed by atoms with Crippen molar-refractivity contribution in [2.75, 3.05) is 4.90 Å². The predicted molar refractivity (Wildman–Crippen MR) is 245 cm³/mol. The average Bonchev–Trinajstić information content (AvgIpc) is 3.98. The van der Waals surface area contributed by atoms with E-state index in [1.807, 2.05) is 23.5 Å². The highest BCUT2D eigenvalue weighted by molar-refractivity contribution is 7.25. The summed E-state index contributed by atoms with van der Waals surface area (Å²) in [4.78, 5) is 2.35. The van der Waals surface area contributed by atoms with Crippen LogP contribution in [-0.2, 0) is 0 Å². The summed E-state index contributed by atoms with van der Waals surface area (Å²) in [6.07, 6.45) is 0. The molecule has 0 N–H and O–H groups in total. The first-order valence-corrected chi connectivity index (χ1v) is 20.4. The van der Waals surface area contributed by atoms with E-state index in [1.165, 1.54) is 31.3 Å². The van der Waals surface area contributed by atoms with Crippen molar-refractivity contribution in [1.82, 2.24) is 0 Å². The first-order chi connectivity index (χ1) is 28.7. The number of anilines is 3. The fraction of sp³-hybridized carbons (Fsp3) is 0. The molecule has 0 amide bonds. The minimum absolute atomic E-state index is 0.859. The Balaban J connectivity index is 0.966. The molecule has 12 aromatic rings. The molecule has 4 heteroatoms. The molecule has 0 aliphatic heterocycles. The van der Waals surface area contributed by atoms with Crippen molar-refractivity contribution in [3.63, 3.8) is 0 Å². The van der Waals surface area contributed by atoms with Gasteiger partial charge < -0.3 is 13.7 Å². The van der Waals surface area contributed by atoms with Crippen molar-refractivity contribution in [2.24, 2.45) is 0 Å². The molecule has 58 heavy (non-hydrogen) atoms. The molecule has 272 valence electrons. The van der Waals surface area contributed by atoms with Crippen LogP contribution >= 0.6 is 11.3 Å². The van der Waals surface area contributed by atoms with E-state index in [2.05, 4.69) is 193 Å². The topological polar surface area (TPSA) is 29.5 Å². The van der Waals surface area contributed by atoms with E-state index in [4.69, 9.17) is 8.83 Å². The molecular formula is C54H33NO2S. The number of nitrogens with zero attached hydrogens (tertiary/aromatic N) is 1. The number of para-hydroxylation sites is 3. The van der Waals surface area contributed by atoms with Gasteiger partial charge in [-0.15, -0.1) is 11.3 Å². The van der Waals surface area contributed by atoms with Gasteiger partial charge in [-0.1, -0.05) is 140 Å². The molecule has 0 fully saturated rings. The Hall–Kier alpha value is -7.40. The zero-order chi connectivity index (χ0) is 38.2. The van der Waals surface area contributed by atoms with Crippen molar-refractivity contribution < 1.29 is 8.83 Å². The van der Waals surface area contributed by atoms with Gasteiger partial charge in [-0.3, -0.25) is 0 Å². The number of fused-ring (bicyclic) bond motifs is 9. The fourth-order valence-corrected chi connectivity index (χ4v) is 9.76. The highest BCUT2D eigenvalue weighted by Crippen LogP contribution is 2.46. The third-order valence-electron chi connectivity index (χ3n) is 11.5. The van der Waals surface area contributed by atoms with Crippen molar-refractivity contribution in [2.45, 2.75) is 0 Å². The maximum atomic E-state index is 6.97. The summed E-state index contributed by atoms with van der Waals surface area (Å²) < 4.78 is 15.6. The van der Waals surface area contributed by atoms with Crippen molar-refractivity contribution in [1.29, 1.82) is 0 Å². The lowest BCUT2D eigenvalue weighted by molar-refractivity contribution is 0.669. The summed E-state index contributed by atoms with van der Waals surface area (Å²) in [5.74, 6) is 0. The summed E-state index contributed by atoms with van der Waals surface area (Å²) >= 11 is 1.84. The molecular weight excluding hydrogens is 727 g/mol. The van der Waals surface area contributed by atoms with Crippen LogP contribution in [0.3, 0.4) is 0 Å². The Morgan fingerprint density at radius 3 is 1.76 bits per heavy atom. The molecule has 3 heterocycles. The molecule has 0 bridgehead atoms. The number of benzene rings is 9. The number of furan rings is 2. The largest absolute Gasteiger partial charge is 0.456 e. The van der Waals surface area contributed by atoms with Crippen LogP contribution in [0.2, 0.25) is 0 Å². The lowest BCUT2D eigenvalue weighted by Gasteiger charge is -2.26. The van der Waals surface area contributed by atoms with E-state index in [1.54, 1.807) is 0 Å². The SMILES string of the molecule is c1ccc(-c2cccc3c2oc2c(N(c4ccc(-c5ccc(-c6ccc7oc8ccccc8c7c6)cc5)cc4)c4ccc5sc6ccccc6c5c4)cccc23)cc1. The van der Waals surface area contributed by atoms with Gasteiger partial charge in [0.2, 0.25) is 0 Å². The summed E-state index contributed by atoms with van der Waals surface area (Å²) in [5, 5.41) is 7.00. The minimum Gasteiger partial charge on any atom is -0.456 e. The molecule has 0 radical (unpaired) electrons. The van der Waals surface area contributed by atoms with E-state index in [-0.39, 0.29) is 0 Å². The molecule has 0 spiro atoms. The first kappa shape index (κ1) is 32.8. The van der Waals surface area contributed by atoms with Gasteiger partial charge in [0.1, 0.15) is 16.7 Å². The van der Waals surface area contributed by atoms with E-state index >= 15 is 0 Å². The standard InChI is InChI=1S/C54H33NO2S/c1-2-10-37(11-3-1)41-14-8-15-44-45-16-9-17-48(54(45)57-53(41)44)55(40-29-31-52-47(33-40)43-13-5-7-19-51(43)58-52)39-27-24-35(25-28-39)34-20-22-36(23-21-34)38-26-30-50-46(32-38)42-12-4-6-18-49(42)56-50/h1-33H. The molecule has 3 nitrogen and oxygen atoms in total. The predicted octanol–water partition coefficient (Wildman–Crippen LogP) is 16.3. The summed E-state index contributed by atoms with van der Waals surface area (Å²) in [7, 11) is 0. The lowest BCUT2D eigenvalue weighted by Crippen LogP contribution is -2.10. The molecule has 12 rings (SSSR count). The Morgan fingerprint density at radius 2 is 0.931 bits per heavy atom. The Morgan fingerprint density at radius 1 is 0.328 bits per heavy atom. The molecule has 0 atom stereocenters. The van der Waals surface area contributed by atoms with Crippen LogP contribution < -0.4 is 4.90 Å². The second kappa shape index (κ2) is 13.1. The number of hydrogen-bond donors (Lipinski definition) is 0. The number of rotatable bonds is 6. The van der Waals surface area contributed by atoms with Crippen LogP contribution in [0, 0.1) is 0 Å². The zero-order valence-electron chi connectivity index (χ0n) is 31.2. The van der Waals surface area contributed by atoms with Gasteiger partial charge in [-0.05, 0) is 88.5 Å². The van der Waals surface area contributed by atoms with Crippen LogP contribution in [0.1, 0.15) is 0 Å². The summed E-state index contributed by atoms with van der Waals surface area (Å²) in [6, 6.07) is 71.4. The van der Waals surface area contributed by atoms with Crippen LogP contribution in [-0.4, -0.2) is 0 Å². The molecule has 0 aliphatic rings. The second-order valence-electron chi connectivity index (χ2n) is 14.9. The van der Waals surface area contributed by atoms with Crippen LogP contribution in [0.4, 0.5) is 17.1 Å². The molecule has 0 saturated heterocycles. The van der Waals surface area contributed by atoms with Gasteiger partial charge in [0.05, 0.1) is 5.69 Å². The maximum Gasteiger partial charge on any atom is 0.159 e. The zero-order valence-corrected chi connectivity index (χ0v) is 32.0. The molecule has 0 aliphatic carbocycles. The van der Waals surface area contributed by atoms with Gasteiger partial charge in [-0.2, -0.15) is 0 Å². The highest BCUT2D eigenvalue weighted by atomic mass is 32.1. The molecule has 3 aromatic heterocycles. The van der Waals surface area contributed by atoms with Gasteiger partial charge in [-0.25, -0.2) is 0 Å². The van der Waals surface area contributed by atoms with E-state index in [9.17, 15) is 0 Å². The average molecular weight is 760 g/mol. The van der Waals surface area contributed by atoms with Crippen molar-refractivity contribution in [3.8, 4) is 33.4 Å². The van der Waals surface area contributed by atoms with E-state index in [0.717, 1.165) is 83.2 Å².